The molecule has 3 rings (SSSR count). The van der Waals surface area contributed by atoms with Crippen LogP contribution in [-0.4, -0.2) is 31.1 Å². The molecule has 18 heavy (non-hydrogen) atoms. The number of piperidine rings is 1. The maximum Gasteiger partial charge on any atom is 0.120 e. The summed E-state index contributed by atoms with van der Waals surface area (Å²) in [6.45, 7) is 4.29. The number of halogens is 1. The fourth-order valence-electron chi connectivity index (χ4n) is 2.64. The third kappa shape index (κ3) is 2.97. The van der Waals surface area contributed by atoms with Gasteiger partial charge in [0.1, 0.15) is 11.9 Å². The Morgan fingerprint density at radius 3 is 2.67 bits per heavy atom. The Kier molecular flexibility index (Phi) is 4.49. The number of nitrogens with one attached hydrogen (secondary N) is 1. The molecular formula is C14H21ClN2O. The zero-order valence-electron chi connectivity index (χ0n) is 10.8. The lowest BCUT2D eigenvalue weighted by molar-refractivity contribution is 0.114. The van der Waals surface area contributed by atoms with Gasteiger partial charge < -0.3 is 15.0 Å². The van der Waals surface area contributed by atoms with Gasteiger partial charge in [0.15, 0.2) is 0 Å². The number of rotatable bonds is 2. The standard InChI is InChI=1S/C14H20N2O.ClH/c1-16-6-4-13(5-7-16)17-14-3-2-11-9-15-10-12(11)8-14;/h2-3,8,13,15H,4-7,9-10H2,1H3;1H. The molecule has 0 unspecified atom stereocenters. The highest BCUT2D eigenvalue weighted by Crippen LogP contribution is 2.24. The molecule has 4 heteroatoms. The van der Waals surface area contributed by atoms with E-state index < -0.39 is 0 Å². The molecule has 1 N–H and O–H groups in total. The van der Waals surface area contributed by atoms with E-state index in [-0.39, 0.29) is 12.4 Å². The first-order valence-electron chi connectivity index (χ1n) is 6.49. The van der Waals surface area contributed by atoms with Gasteiger partial charge in [0, 0.05) is 26.2 Å². The minimum absolute atomic E-state index is 0. The third-order valence-corrected chi connectivity index (χ3v) is 3.78. The average molecular weight is 269 g/mol. The molecule has 0 aromatic heterocycles. The molecule has 0 spiro atoms. The van der Waals surface area contributed by atoms with Crippen molar-refractivity contribution < 1.29 is 4.74 Å². The summed E-state index contributed by atoms with van der Waals surface area (Å²) in [6, 6.07) is 6.51. The fourth-order valence-corrected chi connectivity index (χ4v) is 2.64. The van der Waals surface area contributed by atoms with Crippen molar-refractivity contribution in [3.8, 4) is 5.75 Å². The Hall–Kier alpha value is -0.770. The van der Waals surface area contributed by atoms with E-state index in [9.17, 15) is 0 Å². The summed E-state index contributed by atoms with van der Waals surface area (Å²) in [6.07, 6.45) is 2.69. The van der Waals surface area contributed by atoms with Gasteiger partial charge in [-0.25, -0.2) is 0 Å². The highest BCUT2D eigenvalue weighted by Gasteiger charge is 2.18. The van der Waals surface area contributed by atoms with Crippen LogP contribution >= 0.6 is 12.4 Å². The molecule has 2 aliphatic rings. The number of likely N-dealkylation sites (tertiary alicyclic amines) is 1. The highest BCUT2D eigenvalue weighted by atomic mass is 35.5. The van der Waals surface area contributed by atoms with E-state index >= 15 is 0 Å². The van der Waals surface area contributed by atoms with Crippen molar-refractivity contribution in [1.29, 1.82) is 0 Å². The summed E-state index contributed by atoms with van der Waals surface area (Å²) >= 11 is 0. The molecule has 0 atom stereocenters. The second-order valence-electron chi connectivity index (χ2n) is 5.15. The van der Waals surface area contributed by atoms with Gasteiger partial charge in [0.05, 0.1) is 0 Å². The summed E-state index contributed by atoms with van der Waals surface area (Å²) < 4.78 is 6.07. The van der Waals surface area contributed by atoms with Gasteiger partial charge >= 0.3 is 0 Å². The topological polar surface area (TPSA) is 24.5 Å². The van der Waals surface area contributed by atoms with Crippen LogP contribution in [0.15, 0.2) is 18.2 Å². The highest BCUT2D eigenvalue weighted by molar-refractivity contribution is 5.85. The summed E-state index contributed by atoms with van der Waals surface area (Å²) in [5, 5.41) is 3.36. The molecule has 1 aromatic carbocycles. The van der Waals surface area contributed by atoms with Crippen molar-refractivity contribution in [2.45, 2.75) is 32.0 Å². The van der Waals surface area contributed by atoms with E-state index in [1.54, 1.807) is 0 Å². The van der Waals surface area contributed by atoms with E-state index in [0.717, 1.165) is 44.8 Å². The van der Waals surface area contributed by atoms with Crippen LogP contribution in [0.4, 0.5) is 0 Å². The Bertz CT molecular complexity index is 403. The van der Waals surface area contributed by atoms with Crippen molar-refractivity contribution in [2.24, 2.45) is 0 Å². The van der Waals surface area contributed by atoms with Crippen LogP contribution in [0, 0.1) is 0 Å². The Balaban J connectivity index is 0.00000120. The largest absolute Gasteiger partial charge is 0.490 e. The molecule has 1 fully saturated rings. The molecular weight excluding hydrogens is 248 g/mol. The van der Waals surface area contributed by atoms with Crippen LogP contribution in [0.3, 0.4) is 0 Å². The first kappa shape index (κ1) is 13.7. The maximum atomic E-state index is 6.07. The molecule has 0 aliphatic carbocycles. The predicted molar refractivity (Wildman–Crippen MR) is 75.4 cm³/mol. The van der Waals surface area contributed by atoms with Crippen molar-refractivity contribution >= 4 is 12.4 Å². The zero-order valence-corrected chi connectivity index (χ0v) is 11.6. The lowest BCUT2D eigenvalue weighted by Gasteiger charge is -2.29. The molecule has 0 radical (unpaired) electrons. The molecule has 1 aromatic rings. The van der Waals surface area contributed by atoms with Crippen LogP contribution in [0.2, 0.25) is 0 Å². The van der Waals surface area contributed by atoms with Gasteiger partial charge in [-0.3, -0.25) is 0 Å². The van der Waals surface area contributed by atoms with Crippen molar-refractivity contribution in [1.82, 2.24) is 10.2 Å². The summed E-state index contributed by atoms with van der Waals surface area (Å²) in [5.74, 6) is 1.04. The van der Waals surface area contributed by atoms with Crippen LogP contribution in [0.25, 0.3) is 0 Å². The van der Waals surface area contributed by atoms with Gasteiger partial charge in [0.25, 0.3) is 0 Å². The number of ether oxygens (including phenoxy) is 1. The number of hydrogen-bond donors (Lipinski definition) is 1. The van der Waals surface area contributed by atoms with Gasteiger partial charge in [-0.15, -0.1) is 12.4 Å². The molecule has 3 nitrogen and oxygen atoms in total. The smallest absolute Gasteiger partial charge is 0.120 e. The van der Waals surface area contributed by atoms with Crippen molar-refractivity contribution in [3.63, 3.8) is 0 Å². The molecule has 0 bridgehead atoms. The SMILES string of the molecule is CN1CCC(Oc2ccc3c(c2)CNC3)CC1.Cl. The first-order chi connectivity index (χ1) is 8.31. The van der Waals surface area contributed by atoms with E-state index in [2.05, 4.69) is 35.5 Å². The van der Waals surface area contributed by atoms with Crippen LogP contribution in [0.1, 0.15) is 24.0 Å². The third-order valence-electron chi connectivity index (χ3n) is 3.78. The monoisotopic (exact) mass is 268 g/mol. The van der Waals surface area contributed by atoms with Crippen LogP contribution in [-0.2, 0) is 13.1 Å². The molecule has 1 saturated heterocycles. The van der Waals surface area contributed by atoms with E-state index in [1.807, 2.05) is 0 Å². The van der Waals surface area contributed by atoms with Crippen molar-refractivity contribution in [2.75, 3.05) is 20.1 Å². The molecule has 100 valence electrons. The summed E-state index contributed by atoms with van der Waals surface area (Å²) in [5.41, 5.74) is 2.82. The Morgan fingerprint density at radius 2 is 1.89 bits per heavy atom. The van der Waals surface area contributed by atoms with E-state index in [1.165, 1.54) is 11.1 Å². The van der Waals surface area contributed by atoms with Crippen LogP contribution in [0.5, 0.6) is 5.75 Å². The summed E-state index contributed by atoms with van der Waals surface area (Å²) in [4.78, 5) is 2.37. The number of benzene rings is 1. The van der Waals surface area contributed by atoms with Gasteiger partial charge in [-0.05, 0) is 43.1 Å². The lowest BCUT2D eigenvalue weighted by Crippen LogP contribution is -2.35. The minimum atomic E-state index is 0. The maximum absolute atomic E-state index is 6.07. The molecule has 2 heterocycles. The second kappa shape index (κ2) is 5.91. The second-order valence-corrected chi connectivity index (χ2v) is 5.15. The van der Waals surface area contributed by atoms with Crippen LogP contribution < -0.4 is 10.1 Å². The Morgan fingerprint density at radius 1 is 1.17 bits per heavy atom. The fraction of sp³-hybridized carbons (Fsp3) is 0.571. The average Bonchev–Trinajstić information content (AvgIpc) is 2.79. The Labute approximate surface area is 115 Å². The summed E-state index contributed by atoms with van der Waals surface area (Å²) in [7, 11) is 2.18. The minimum Gasteiger partial charge on any atom is -0.490 e. The zero-order chi connectivity index (χ0) is 11.7. The molecule has 2 aliphatic heterocycles. The van der Waals surface area contributed by atoms with E-state index in [4.69, 9.17) is 4.74 Å². The number of fused-ring (bicyclic) bond motifs is 1. The van der Waals surface area contributed by atoms with Gasteiger partial charge in [-0.2, -0.15) is 0 Å². The normalized spacial score (nSPS) is 20.3. The lowest BCUT2D eigenvalue weighted by atomic mass is 10.1. The quantitative estimate of drug-likeness (QED) is 0.890. The van der Waals surface area contributed by atoms with Crippen molar-refractivity contribution in [3.05, 3.63) is 29.3 Å². The van der Waals surface area contributed by atoms with Gasteiger partial charge in [0.2, 0.25) is 0 Å². The number of nitrogens with zero attached hydrogens (tertiary/aromatic N) is 1. The number of hydrogen-bond acceptors (Lipinski definition) is 3. The predicted octanol–water partition coefficient (Wildman–Crippen LogP) is 2.18. The first-order valence-corrected chi connectivity index (χ1v) is 6.49. The van der Waals surface area contributed by atoms with E-state index in [0.29, 0.717) is 6.10 Å². The molecule has 0 saturated carbocycles. The molecule has 0 amide bonds. The van der Waals surface area contributed by atoms with Gasteiger partial charge in [-0.1, -0.05) is 6.07 Å².